The smallest absolute Gasteiger partial charge is 0.255 e. The van der Waals surface area contributed by atoms with Crippen molar-refractivity contribution in [2.24, 2.45) is 17.6 Å². The van der Waals surface area contributed by atoms with Crippen LogP contribution in [0.2, 0.25) is 0 Å². The average Bonchev–Trinajstić information content (AvgIpc) is 2.70. The molecule has 1 aromatic rings. The van der Waals surface area contributed by atoms with Crippen molar-refractivity contribution in [1.82, 2.24) is 4.90 Å². The molecular formula is C23H28ClN3O7. The SMILES string of the molecule is CN(C)c1ccc(O)c2c1C[C@@H]1C[C@H]3C(N(C)C)C(=O)C(C(N)=O)=C(O)[C@@]3(O)C(=O)C1=C2O.Cl. The van der Waals surface area contributed by atoms with Crippen LogP contribution in [0.5, 0.6) is 5.75 Å². The number of halogens is 1. The molecule has 1 unspecified atom stereocenters. The number of phenolic OH excluding ortho intramolecular Hbond substituents is 1. The molecule has 0 bridgehead atoms. The Bertz CT molecular complexity index is 1170. The number of aliphatic hydroxyl groups excluding tert-OH is 2. The van der Waals surface area contributed by atoms with Gasteiger partial charge in [-0.05, 0) is 50.6 Å². The van der Waals surface area contributed by atoms with Crippen molar-refractivity contribution in [2.75, 3.05) is 33.1 Å². The number of amides is 1. The number of aromatic hydroxyl groups is 1. The van der Waals surface area contributed by atoms with Gasteiger partial charge in [-0.2, -0.15) is 0 Å². The van der Waals surface area contributed by atoms with Crippen molar-refractivity contribution >= 4 is 41.3 Å². The van der Waals surface area contributed by atoms with E-state index in [0.29, 0.717) is 5.56 Å². The second kappa shape index (κ2) is 8.30. The Balaban J connectivity index is 0.00000324. The molecular weight excluding hydrogens is 466 g/mol. The van der Waals surface area contributed by atoms with Crippen molar-refractivity contribution in [1.29, 1.82) is 0 Å². The zero-order chi connectivity index (χ0) is 24.6. The van der Waals surface area contributed by atoms with Crippen molar-refractivity contribution in [3.05, 3.63) is 40.2 Å². The first-order valence-corrected chi connectivity index (χ1v) is 10.5. The molecule has 4 rings (SSSR count). The molecule has 10 nitrogen and oxygen atoms in total. The molecule has 0 aliphatic heterocycles. The number of aliphatic hydroxyl groups is 3. The number of benzene rings is 1. The molecule has 0 saturated heterocycles. The van der Waals surface area contributed by atoms with Gasteiger partial charge in [0, 0.05) is 31.3 Å². The topological polar surface area (TPSA) is 165 Å². The number of rotatable bonds is 3. The number of nitrogens with zero attached hydrogens (tertiary/aromatic N) is 2. The maximum atomic E-state index is 13.7. The highest BCUT2D eigenvalue weighted by molar-refractivity contribution is 6.24. The Hall–Kier alpha value is -3.08. The van der Waals surface area contributed by atoms with E-state index in [1.807, 2.05) is 19.0 Å². The minimum Gasteiger partial charge on any atom is -0.508 e. The number of anilines is 1. The van der Waals surface area contributed by atoms with Crippen LogP contribution in [-0.2, 0) is 20.8 Å². The van der Waals surface area contributed by atoms with Crippen LogP contribution in [0, 0.1) is 11.8 Å². The van der Waals surface area contributed by atoms with E-state index in [4.69, 9.17) is 5.73 Å². The van der Waals surface area contributed by atoms with E-state index in [-0.39, 0.29) is 42.1 Å². The zero-order valence-electron chi connectivity index (χ0n) is 19.2. The molecule has 3 aliphatic carbocycles. The lowest BCUT2D eigenvalue weighted by Crippen LogP contribution is -2.65. The molecule has 0 aromatic heterocycles. The minimum atomic E-state index is -2.63. The van der Waals surface area contributed by atoms with E-state index in [9.17, 15) is 34.8 Å². The Kier molecular flexibility index (Phi) is 6.23. The van der Waals surface area contributed by atoms with E-state index in [2.05, 4.69) is 0 Å². The lowest BCUT2D eigenvalue weighted by molar-refractivity contribution is -0.153. The Morgan fingerprint density at radius 2 is 1.74 bits per heavy atom. The molecule has 34 heavy (non-hydrogen) atoms. The van der Waals surface area contributed by atoms with Gasteiger partial charge in [0.1, 0.15) is 22.8 Å². The molecule has 0 radical (unpaired) electrons. The molecule has 0 heterocycles. The predicted molar refractivity (Wildman–Crippen MR) is 126 cm³/mol. The van der Waals surface area contributed by atoms with Gasteiger partial charge < -0.3 is 31.1 Å². The van der Waals surface area contributed by atoms with Gasteiger partial charge >= 0.3 is 0 Å². The summed E-state index contributed by atoms with van der Waals surface area (Å²) in [5, 5.41) is 43.9. The fraction of sp³-hybridized carbons (Fsp3) is 0.435. The lowest BCUT2D eigenvalue weighted by atomic mass is 9.57. The molecule has 3 aliphatic rings. The van der Waals surface area contributed by atoms with Crippen LogP contribution in [-0.4, -0.2) is 82.6 Å². The first-order chi connectivity index (χ1) is 15.3. The molecule has 4 atom stereocenters. The highest BCUT2D eigenvalue weighted by Gasteiger charge is 2.64. The monoisotopic (exact) mass is 493 g/mol. The number of fused-ring (bicyclic) bond motifs is 3. The lowest BCUT2D eigenvalue weighted by Gasteiger charge is -2.50. The summed E-state index contributed by atoms with van der Waals surface area (Å²) >= 11 is 0. The molecule has 184 valence electrons. The Morgan fingerprint density at radius 3 is 2.26 bits per heavy atom. The first kappa shape index (κ1) is 25.5. The van der Waals surface area contributed by atoms with Crippen LogP contribution in [0.3, 0.4) is 0 Å². The summed E-state index contributed by atoms with van der Waals surface area (Å²) < 4.78 is 0. The van der Waals surface area contributed by atoms with Gasteiger partial charge in [-0.1, -0.05) is 0 Å². The standard InChI is InChI=1S/C23H27N3O7.ClH/c1-25(2)12-5-6-13(27)15-10(12)7-9-8-11-17(26(3)4)19(29)16(22(24)32)21(31)23(11,33)20(30)14(9)18(15)28;/h5-6,9,11,17,27-28,31,33H,7-8H2,1-4H3,(H2,24,32);1H/t9-,11+,17?,23+;/m1./s1. The number of Topliss-reactive ketones (excluding diaryl/α,β-unsaturated/α-hetero) is 2. The van der Waals surface area contributed by atoms with Gasteiger partial charge in [-0.25, -0.2) is 0 Å². The van der Waals surface area contributed by atoms with E-state index >= 15 is 0 Å². The molecule has 1 amide bonds. The number of phenols is 1. The maximum absolute atomic E-state index is 13.7. The summed E-state index contributed by atoms with van der Waals surface area (Å²) in [5.74, 6) is -6.54. The zero-order valence-corrected chi connectivity index (χ0v) is 20.0. The number of carbonyl (C=O) groups excluding carboxylic acids is 3. The normalized spacial score (nSPS) is 28.2. The van der Waals surface area contributed by atoms with Crippen molar-refractivity contribution in [3.63, 3.8) is 0 Å². The van der Waals surface area contributed by atoms with Gasteiger partial charge in [0.25, 0.3) is 5.91 Å². The van der Waals surface area contributed by atoms with Crippen LogP contribution >= 0.6 is 12.4 Å². The van der Waals surface area contributed by atoms with Crippen molar-refractivity contribution < 1.29 is 34.8 Å². The molecule has 1 aromatic carbocycles. The summed E-state index contributed by atoms with van der Waals surface area (Å²) in [6.45, 7) is 0. The molecule has 6 N–H and O–H groups in total. The first-order valence-electron chi connectivity index (χ1n) is 10.5. The largest absolute Gasteiger partial charge is 0.508 e. The van der Waals surface area contributed by atoms with Crippen LogP contribution in [0.15, 0.2) is 29.0 Å². The second-order valence-electron chi connectivity index (χ2n) is 9.31. The summed E-state index contributed by atoms with van der Waals surface area (Å²) in [6.07, 6.45) is 0.324. The fourth-order valence-corrected chi connectivity index (χ4v) is 5.65. The van der Waals surface area contributed by atoms with Gasteiger partial charge in [0.2, 0.25) is 5.78 Å². The van der Waals surface area contributed by atoms with Gasteiger partial charge in [0.15, 0.2) is 11.4 Å². The van der Waals surface area contributed by atoms with Crippen LogP contribution in [0.25, 0.3) is 5.76 Å². The third-order valence-corrected chi connectivity index (χ3v) is 7.06. The Morgan fingerprint density at radius 1 is 1.12 bits per heavy atom. The highest BCUT2D eigenvalue weighted by atomic mass is 35.5. The van der Waals surface area contributed by atoms with Crippen molar-refractivity contribution in [2.45, 2.75) is 24.5 Å². The third-order valence-electron chi connectivity index (χ3n) is 7.06. The Labute approximate surface area is 202 Å². The number of ketones is 2. The quantitative estimate of drug-likeness (QED) is 0.376. The number of nitrogens with two attached hydrogens (primary N) is 1. The summed E-state index contributed by atoms with van der Waals surface area (Å²) in [6, 6.07) is 2.01. The number of likely N-dealkylation sites (N-methyl/N-ethyl adjacent to an activating group) is 1. The van der Waals surface area contributed by atoms with Gasteiger partial charge in [0.05, 0.1) is 11.6 Å². The van der Waals surface area contributed by atoms with Crippen LogP contribution in [0.4, 0.5) is 5.69 Å². The summed E-state index contributed by atoms with van der Waals surface area (Å²) in [5.41, 5.74) is 3.15. The summed E-state index contributed by atoms with van der Waals surface area (Å²) in [7, 11) is 6.75. The van der Waals surface area contributed by atoms with Crippen LogP contribution < -0.4 is 10.6 Å². The number of hydrogen-bond donors (Lipinski definition) is 5. The number of carbonyl (C=O) groups is 3. The average molecular weight is 494 g/mol. The minimum absolute atomic E-state index is 0. The highest BCUT2D eigenvalue weighted by Crippen LogP contribution is 2.53. The number of primary amides is 1. The van der Waals surface area contributed by atoms with E-state index in [1.165, 1.54) is 11.0 Å². The van der Waals surface area contributed by atoms with Crippen LogP contribution in [0.1, 0.15) is 17.5 Å². The third kappa shape index (κ3) is 3.20. The summed E-state index contributed by atoms with van der Waals surface area (Å²) in [4.78, 5) is 42.0. The maximum Gasteiger partial charge on any atom is 0.255 e. The van der Waals surface area contributed by atoms with E-state index < -0.39 is 58.0 Å². The molecule has 1 fully saturated rings. The van der Waals surface area contributed by atoms with E-state index in [0.717, 1.165) is 5.69 Å². The van der Waals surface area contributed by atoms with Gasteiger partial charge in [-0.15, -0.1) is 12.4 Å². The fourth-order valence-electron chi connectivity index (χ4n) is 5.65. The molecule has 0 spiro atoms. The number of hydrogen-bond acceptors (Lipinski definition) is 9. The predicted octanol–water partition coefficient (Wildman–Crippen LogP) is 0.452. The second-order valence-corrected chi connectivity index (χ2v) is 9.31. The molecule has 1 saturated carbocycles. The van der Waals surface area contributed by atoms with E-state index in [1.54, 1.807) is 20.2 Å². The van der Waals surface area contributed by atoms with Gasteiger partial charge in [-0.3, -0.25) is 19.3 Å². The van der Waals surface area contributed by atoms with Crippen molar-refractivity contribution in [3.8, 4) is 5.75 Å². The molecule has 11 heteroatoms.